The van der Waals surface area contributed by atoms with E-state index in [2.05, 4.69) is 4.74 Å². The Morgan fingerprint density at radius 3 is 2.27 bits per heavy atom. The summed E-state index contributed by atoms with van der Waals surface area (Å²) in [5.41, 5.74) is 0. The largest absolute Gasteiger partial charge is 0.481 e. The Hall–Kier alpha value is -0.710. The summed E-state index contributed by atoms with van der Waals surface area (Å²) in [4.78, 5) is 10.4. The van der Waals surface area contributed by atoms with Crippen LogP contribution in [0.5, 0.6) is 0 Å². The fourth-order valence-corrected chi connectivity index (χ4v) is 2.06. The second kappa shape index (κ2) is 6.00. The van der Waals surface area contributed by atoms with E-state index in [1.165, 1.54) is 0 Å². The summed E-state index contributed by atoms with van der Waals surface area (Å²) in [6, 6.07) is 0. The van der Waals surface area contributed by atoms with E-state index in [0.717, 1.165) is 25.7 Å². The summed E-state index contributed by atoms with van der Waals surface area (Å²) in [6.07, 6.45) is 3.41. The molecule has 0 saturated heterocycles. The van der Waals surface area contributed by atoms with Gasteiger partial charge in [0.25, 0.3) is 0 Å². The minimum absolute atomic E-state index is 0.0947. The molecule has 0 aromatic carbocycles. The van der Waals surface area contributed by atoms with Gasteiger partial charge in [0.05, 0.1) is 6.61 Å². The third-order valence-electron chi connectivity index (χ3n) is 2.89. The van der Waals surface area contributed by atoms with E-state index in [0.29, 0.717) is 0 Å². The Kier molecular flexibility index (Phi) is 4.94. The number of halogens is 2. The lowest BCUT2D eigenvalue weighted by Gasteiger charge is -2.27. The number of carboxylic acids is 1. The number of alkyl halides is 2. The molecular weight excluding hydrogens is 206 g/mol. The van der Waals surface area contributed by atoms with Crippen LogP contribution in [0.3, 0.4) is 0 Å². The van der Waals surface area contributed by atoms with Crippen molar-refractivity contribution in [2.24, 2.45) is 11.8 Å². The lowest BCUT2D eigenvalue weighted by atomic mass is 9.81. The van der Waals surface area contributed by atoms with Gasteiger partial charge in [0, 0.05) is 6.42 Å². The van der Waals surface area contributed by atoms with Crippen molar-refractivity contribution in [3.05, 3.63) is 0 Å². The molecule has 0 aromatic heterocycles. The van der Waals surface area contributed by atoms with Gasteiger partial charge in [-0.15, -0.1) is 0 Å². The third-order valence-corrected chi connectivity index (χ3v) is 2.89. The Labute approximate surface area is 87.4 Å². The zero-order chi connectivity index (χ0) is 11.3. The zero-order valence-corrected chi connectivity index (χ0v) is 8.49. The smallest absolute Gasteiger partial charge is 0.345 e. The predicted molar refractivity (Wildman–Crippen MR) is 49.7 cm³/mol. The van der Waals surface area contributed by atoms with Gasteiger partial charge in [-0.1, -0.05) is 0 Å². The summed E-state index contributed by atoms with van der Waals surface area (Å²) in [6.45, 7) is -2.60. The fourth-order valence-electron chi connectivity index (χ4n) is 2.06. The first-order chi connectivity index (χ1) is 7.08. The van der Waals surface area contributed by atoms with Crippen molar-refractivity contribution in [3.8, 4) is 0 Å². The van der Waals surface area contributed by atoms with Gasteiger partial charge in [0.2, 0.25) is 0 Å². The molecule has 0 heterocycles. The van der Waals surface area contributed by atoms with Crippen molar-refractivity contribution in [2.75, 3.05) is 6.61 Å². The second-order valence-electron chi connectivity index (χ2n) is 4.08. The van der Waals surface area contributed by atoms with Gasteiger partial charge in [0.15, 0.2) is 0 Å². The molecule has 5 heteroatoms. The molecule has 1 rings (SSSR count). The lowest BCUT2D eigenvalue weighted by molar-refractivity contribution is -0.142. The number of aliphatic carboxylic acids is 1. The van der Waals surface area contributed by atoms with Crippen LogP contribution in [0.1, 0.15) is 32.1 Å². The molecule has 88 valence electrons. The Balaban J connectivity index is 2.15. The molecule has 1 fully saturated rings. The van der Waals surface area contributed by atoms with Crippen molar-refractivity contribution < 1.29 is 23.4 Å². The van der Waals surface area contributed by atoms with Crippen LogP contribution < -0.4 is 0 Å². The van der Waals surface area contributed by atoms with E-state index < -0.39 is 12.6 Å². The van der Waals surface area contributed by atoms with Crippen LogP contribution in [0.25, 0.3) is 0 Å². The molecule has 0 atom stereocenters. The Bertz CT molecular complexity index is 201. The van der Waals surface area contributed by atoms with Gasteiger partial charge >= 0.3 is 12.6 Å². The van der Waals surface area contributed by atoms with Crippen LogP contribution in [0.15, 0.2) is 0 Å². The standard InChI is InChI=1S/C10H16F2O3/c11-10(12)15-6-8-3-1-7(2-4-8)5-9(13)14/h7-8,10H,1-6H2,(H,13,14). The highest BCUT2D eigenvalue weighted by atomic mass is 19.3. The quantitative estimate of drug-likeness (QED) is 0.777. The maximum atomic E-state index is 11.7. The second-order valence-corrected chi connectivity index (χ2v) is 4.08. The van der Waals surface area contributed by atoms with Crippen molar-refractivity contribution >= 4 is 5.97 Å². The molecular formula is C10H16F2O3. The minimum atomic E-state index is -2.69. The van der Waals surface area contributed by atoms with Crippen LogP contribution >= 0.6 is 0 Å². The summed E-state index contributed by atoms with van der Waals surface area (Å²) in [5, 5.41) is 8.58. The molecule has 0 bridgehead atoms. The normalized spacial score (nSPS) is 26.9. The van der Waals surface area contributed by atoms with Crippen LogP contribution in [-0.2, 0) is 9.53 Å². The first-order valence-electron chi connectivity index (χ1n) is 5.19. The first kappa shape index (κ1) is 12.4. The minimum Gasteiger partial charge on any atom is -0.481 e. The first-order valence-corrected chi connectivity index (χ1v) is 5.19. The van der Waals surface area contributed by atoms with Gasteiger partial charge in [-0.25, -0.2) is 0 Å². The molecule has 0 unspecified atom stereocenters. The maximum absolute atomic E-state index is 11.7. The lowest BCUT2D eigenvalue weighted by Crippen LogP contribution is -2.21. The average molecular weight is 222 g/mol. The number of hydrogen-bond donors (Lipinski definition) is 1. The molecule has 0 aromatic rings. The van der Waals surface area contributed by atoms with E-state index >= 15 is 0 Å². The maximum Gasteiger partial charge on any atom is 0.345 e. The summed E-state index contributed by atoms with van der Waals surface area (Å²) in [7, 11) is 0. The Morgan fingerprint density at radius 1 is 1.27 bits per heavy atom. The van der Waals surface area contributed by atoms with E-state index in [4.69, 9.17) is 5.11 Å². The molecule has 3 nitrogen and oxygen atoms in total. The number of ether oxygens (including phenoxy) is 1. The van der Waals surface area contributed by atoms with Crippen molar-refractivity contribution in [3.63, 3.8) is 0 Å². The number of carbonyl (C=O) groups is 1. The van der Waals surface area contributed by atoms with Gasteiger partial charge in [-0.05, 0) is 37.5 Å². The zero-order valence-electron chi connectivity index (χ0n) is 8.49. The highest BCUT2D eigenvalue weighted by Gasteiger charge is 2.23. The molecule has 1 aliphatic carbocycles. The molecule has 15 heavy (non-hydrogen) atoms. The van der Waals surface area contributed by atoms with Crippen molar-refractivity contribution in [1.82, 2.24) is 0 Å². The predicted octanol–water partition coefficient (Wildman–Crippen LogP) is 2.51. The van der Waals surface area contributed by atoms with Crippen LogP contribution in [-0.4, -0.2) is 24.3 Å². The van der Waals surface area contributed by atoms with Crippen molar-refractivity contribution in [1.29, 1.82) is 0 Å². The SMILES string of the molecule is O=C(O)CC1CCC(COC(F)F)CC1. The van der Waals surface area contributed by atoms with Crippen molar-refractivity contribution in [2.45, 2.75) is 38.7 Å². The average Bonchev–Trinajstić information content (AvgIpc) is 2.16. The molecule has 0 spiro atoms. The highest BCUT2D eigenvalue weighted by Crippen LogP contribution is 2.31. The van der Waals surface area contributed by atoms with Gasteiger partial charge in [-0.3, -0.25) is 4.79 Å². The molecule has 0 aliphatic heterocycles. The fraction of sp³-hybridized carbons (Fsp3) is 0.900. The van der Waals surface area contributed by atoms with Gasteiger partial charge in [0.1, 0.15) is 0 Å². The topological polar surface area (TPSA) is 46.5 Å². The molecule has 0 radical (unpaired) electrons. The van der Waals surface area contributed by atoms with E-state index in [9.17, 15) is 13.6 Å². The third kappa shape index (κ3) is 5.06. The molecule has 1 saturated carbocycles. The highest BCUT2D eigenvalue weighted by molar-refractivity contribution is 5.67. The van der Waals surface area contributed by atoms with E-state index in [1.54, 1.807) is 0 Å². The van der Waals surface area contributed by atoms with Crippen LogP contribution in [0, 0.1) is 11.8 Å². The molecule has 1 aliphatic rings. The number of rotatable bonds is 5. The summed E-state index contributed by atoms with van der Waals surface area (Å²) < 4.78 is 27.7. The van der Waals surface area contributed by atoms with E-state index in [-0.39, 0.29) is 24.9 Å². The van der Waals surface area contributed by atoms with Crippen LogP contribution in [0.4, 0.5) is 8.78 Å². The Morgan fingerprint density at radius 2 is 1.80 bits per heavy atom. The number of hydrogen-bond acceptors (Lipinski definition) is 2. The molecule has 0 amide bonds. The van der Waals surface area contributed by atoms with Crippen LogP contribution in [0.2, 0.25) is 0 Å². The summed E-state index contributed by atoms with van der Waals surface area (Å²) >= 11 is 0. The van der Waals surface area contributed by atoms with E-state index in [1.807, 2.05) is 0 Å². The monoisotopic (exact) mass is 222 g/mol. The number of carboxylic acid groups (broad SMARTS) is 1. The molecule has 1 N–H and O–H groups in total. The van der Waals surface area contributed by atoms with Gasteiger partial charge < -0.3 is 9.84 Å². The van der Waals surface area contributed by atoms with Gasteiger partial charge in [-0.2, -0.15) is 8.78 Å². The summed E-state index contributed by atoms with van der Waals surface area (Å²) in [5.74, 6) is -0.392.